The maximum atomic E-state index is 12.0. The van der Waals surface area contributed by atoms with E-state index in [4.69, 9.17) is 22.1 Å². The number of carbonyl (C=O) groups is 1. The Labute approximate surface area is 132 Å². The van der Waals surface area contributed by atoms with Gasteiger partial charge in [0.25, 0.3) is 0 Å². The summed E-state index contributed by atoms with van der Waals surface area (Å²) in [6.45, 7) is 2.67. The minimum atomic E-state index is -0.443. The number of halogens is 1. The Morgan fingerprint density at radius 1 is 1.43 bits per heavy atom. The molecule has 2 aromatic rings. The van der Waals surface area contributed by atoms with Gasteiger partial charge in [0.2, 0.25) is 0 Å². The average Bonchev–Trinajstić information content (AvgIpc) is 2.83. The van der Waals surface area contributed by atoms with Crippen LogP contribution in [0.3, 0.4) is 0 Å². The molecule has 0 atom stereocenters. The summed E-state index contributed by atoms with van der Waals surface area (Å²) >= 11 is 7.06. The van der Waals surface area contributed by atoms with E-state index in [0.717, 1.165) is 5.56 Å². The van der Waals surface area contributed by atoms with Crippen LogP contribution in [0.5, 0.6) is 0 Å². The minimum Gasteiger partial charge on any atom is -0.462 e. The summed E-state index contributed by atoms with van der Waals surface area (Å²) in [7, 11) is 1.88. The number of hydrogen-bond donors (Lipinski definition) is 1. The van der Waals surface area contributed by atoms with Gasteiger partial charge in [-0.1, -0.05) is 23.7 Å². The lowest BCUT2D eigenvalue weighted by atomic mass is 10.2. The van der Waals surface area contributed by atoms with E-state index in [1.165, 1.54) is 11.5 Å². The summed E-state index contributed by atoms with van der Waals surface area (Å²) in [5.74, 6) is -0.238. The molecule has 0 aliphatic rings. The monoisotopic (exact) mass is 325 g/mol. The lowest BCUT2D eigenvalue weighted by Gasteiger charge is -2.18. The van der Waals surface area contributed by atoms with Crippen molar-refractivity contribution in [2.45, 2.75) is 13.5 Å². The molecule has 1 aromatic heterocycles. The fraction of sp³-hybridized carbons (Fsp3) is 0.286. The van der Waals surface area contributed by atoms with Crippen molar-refractivity contribution in [1.29, 1.82) is 0 Å². The number of aromatic nitrogens is 1. The molecule has 0 radical (unpaired) electrons. The number of nitrogen functional groups attached to an aromatic ring is 1. The van der Waals surface area contributed by atoms with Crippen LogP contribution in [0, 0.1) is 0 Å². The molecule has 21 heavy (non-hydrogen) atoms. The molecule has 0 aliphatic carbocycles. The lowest BCUT2D eigenvalue weighted by molar-refractivity contribution is 0.0528. The largest absolute Gasteiger partial charge is 0.462 e. The van der Waals surface area contributed by atoms with Gasteiger partial charge in [-0.15, -0.1) is 0 Å². The molecule has 0 fully saturated rings. The van der Waals surface area contributed by atoms with Gasteiger partial charge in [-0.2, -0.15) is 4.37 Å². The highest BCUT2D eigenvalue weighted by Gasteiger charge is 2.23. The number of benzene rings is 1. The number of hydrogen-bond acceptors (Lipinski definition) is 6. The van der Waals surface area contributed by atoms with Crippen molar-refractivity contribution in [3.05, 3.63) is 40.4 Å². The van der Waals surface area contributed by atoms with E-state index in [1.807, 2.05) is 36.2 Å². The van der Waals surface area contributed by atoms with Crippen molar-refractivity contribution in [3.8, 4) is 0 Å². The predicted molar refractivity (Wildman–Crippen MR) is 86.0 cm³/mol. The number of carbonyl (C=O) groups excluding carboxylic acids is 1. The van der Waals surface area contributed by atoms with Gasteiger partial charge in [-0.3, -0.25) is 0 Å². The van der Waals surface area contributed by atoms with Crippen molar-refractivity contribution < 1.29 is 9.53 Å². The van der Waals surface area contributed by atoms with Crippen LogP contribution in [0.15, 0.2) is 24.3 Å². The zero-order chi connectivity index (χ0) is 15.4. The molecule has 2 N–H and O–H groups in total. The van der Waals surface area contributed by atoms with E-state index < -0.39 is 5.97 Å². The molecule has 0 saturated carbocycles. The summed E-state index contributed by atoms with van der Waals surface area (Å²) in [5.41, 5.74) is 7.18. The lowest BCUT2D eigenvalue weighted by Crippen LogP contribution is -2.19. The van der Waals surface area contributed by atoms with Crippen LogP contribution in [0.2, 0.25) is 5.02 Å². The zero-order valence-corrected chi connectivity index (χ0v) is 13.4. The normalized spacial score (nSPS) is 10.4. The number of anilines is 2. The molecule has 1 aromatic carbocycles. The van der Waals surface area contributed by atoms with Gasteiger partial charge in [0.05, 0.1) is 6.61 Å². The average molecular weight is 326 g/mol. The molecule has 0 bridgehead atoms. The van der Waals surface area contributed by atoms with E-state index in [1.54, 1.807) is 6.92 Å². The van der Waals surface area contributed by atoms with Crippen LogP contribution >= 0.6 is 23.1 Å². The summed E-state index contributed by atoms with van der Waals surface area (Å²) < 4.78 is 9.08. The van der Waals surface area contributed by atoms with Gasteiger partial charge in [0.15, 0.2) is 5.82 Å². The summed E-state index contributed by atoms with van der Waals surface area (Å²) in [6.07, 6.45) is 0. The minimum absolute atomic E-state index is 0.205. The fourth-order valence-electron chi connectivity index (χ4n) is 1.88. The third kappa shape index (κ3) is 3.65. The predicted octanol–water partition coefficient (Wildman–Crippen LogP) is 3.19. The van der Waals surface area contributed by atoms with Crippen LogP contribution in [0.25, 0.3) is 0 Å². The first-order valence-electron chi connectivity index (χ1n) is 6.40. The van der Waals surface area contributed by atoms with Crippen LogP contribution in [-0.4, -0.2) is 24.0 Å². The molecule has 0 saturated heterocycles. The third-order valence-corrected chi connectivity index (χ3v) is 4.09. The van der Waals surface area contributed by atoms with E-state index in [0.29, 0.717) is 28.7 Å². The number of nitrogens with zero attached hydrogens (tertiary/aromatic N) is 2. The van der Waals surface area contributed by atoms with Gasteiger partial charge in [0.1, 0.15) is 10.6 Å². The highest BCUT2D eigenvalue weighted by molar-refractivity contribution is 7.11. The molecule has 112 valence electrons. The summed E-state index contributed by atoms with van der Waals surface area (Å²) in [4.78, 5) is 13.9. The summed E-state index contributed by atoms with van der Waals surface area (Å²) in [6, 6.07) is 7.54. The van der Waals surface area contributed by atoms with Crippen molar-refractivity contribution in [2.24, 2.45) is 0 Å². The maximum absolute atomic E-state index is 12.0. The first-order valence-corrected chi connectivity index (χ1v) is 7.56. The first-order chi connectivity index (χ1) is 10.0. The van der Waals surface area contributed by atoms with Gasteiger partial charge in [-0.25, -0.2) is 4.79 Å². The number of rotatable bonds is 5. The topological polar surface area (TPSA) is 68.5 Å². The van der Waals surface area contributed by atoms with Gasteiger partial charge in [0, 0.05) is 18.6 Å². The highest BCUT2D eigenvalue weighted by atomic mass is 35.5. The molecular weight excluding hydrogens is 310 g/mol. The summed E-state index contributed by atoms with van der Waals surface area (Å²) in [5, 5.41) is 1.39. The number of nitrogens with two attached hydrogens (primary N) is 1. The smallest absolute Gasteiger partial charge is 0.345 e. The Kier molecular flexibility index (Phi) is 5.03. The second-order valence-electron chi connectivity index (χ2n) is 4.45. The maximum Gasteiger partial charge on any atom is 0.345 e. The Morgan fingerprint density at radius 2 is 2.10 bits per heavy atom. The molecule has 1 heterocycles. The fourth-order valence-corrected chi connectivity index (χ4v) is 2.77. The Morgan fingerprint density at radius 3 is 2.71 bits per heavy atom. The molecule has 0 spiro atoms. The SMILES string of the molecule is CCOC(=O)c1c(N)nsc1N(C)Cc1ccc(Cl)cc1. The van der Waals surface area contributed by atoms with E-state index >= 15 is 0 Å². The quantitative estimate of drug-likeness (QED) is 0.855. The van der Waals surface area contributed by atoms with Crippen LogP contribution in [0.1, 0.15) is 22.8 Å². The third-order valence-electron chi connectivity index (χ3n) is 2.86. The van der Waals surface area contributed by atoms with Gasteiger partial charge < -0.3 is 15.4 Å². The first kappa shape index (κ1) is 15.6. The molecule has 5 nitrogen and oxygen atoms in total. The molecule has 7 heteroatoms. The Bertz CT molecular complexity index is 628. The van der Waals surface area contributed by atoms with Crippen LogP contribution < -0.4 is 10.6 Å². The zero-order valence-electron chi connectivity index (χ0n) is 11.8. The molecule has 0 aliphatic heterocycles. The van der Waals surface area contributed by atoms with Gasteiger partial charge >= 0.3 is 5.97 Å². The van der Waals surface area contributed by atoms with Crippen LogP contribution in [0.4, 0.5) is 10.8 Å². The highest BCUT2D eigenvalue weighted by Crippen LogP contribution is 2.31. The second-order valence-corrected chi connectivity index (χ2v) is 5.64. The van der Waals surface area contributed by atoms with E-state index in [9.17, 15) is 4.79 Å². The van der Waals surface area contributed by atoms with Gasteiger partial charge in [-0.05, 0) is 36.2 Å². The molecular formula is C14H16ClN3O2S. The standard InChI is InChI=1S/C14H16ClN3O2S/c1-3-20-14(19)11-12(16)17-21-13(11)18(2)8-9-4-6-10(15)7-5-9/h4-7H,3,8H2,1-2H3,(H2,16,17). The Balaban J connectivity index is 2.21. The van der Waals surface area contributed by atoms with E-state index in [-0.39, 0.29) is 5.82 Å². The molecule has 0 amide bonds. The second kappa shape index (κ2) is 6.78. The Hall–Kier alpha value is -1.79. The number of esters is 1. The van der Waals surface area contributed by atoms with E-state index in [2.05, 4.69) is 4.37 Å². The van der Waals surface area contributed by atoms with Crippen molar-refractivity contribution in [3.63, 3.8) is 0 Å². The van der Waals surface area contributed by atoms with Crippen molar-refractivity contribution >= 4 is 39.9 Å². The van der Waals surface area contributed by atoms with Crippen molar-refractivity contribution in [1.82, 2.24) is 4.37 Å². The number of ether oxygens (including phenoxy) is 1. The molecule has 0 unspecified atom stereocenters. The molecule has 2 rings (SSSR count). The van der Waals surface area contributed by atoms with Crippen LogP contribution in [-0.2, 0) is 11.3 Å². The van der Waals surface area contributed by atoms with Crippen molar-refractivity contribution in [2.75, 3.05) is 24.3 Å².